The number of hydrogen-bond donors (Lipinski definition) is 4. The molecule has 1 aliphatic heterocycles. The largest absolute Gasteiger partial charge is 0.389 e. The number of nitrogens with one attached hydrogen (secondary N) is 4. The predicted molar refractivity (Wildman–Crippen MR) is 100 cm³/mol. The van der Waals surface area contributed by atoms with Gasteiger partial charge in [0, 0.05) is 19.3 Å². The average molecular weight is 380 g/mol. The summed E-state index contributed by atoms with van der Waals surface area (Å²) >= 11 is 11.9. The van der Waals surface area contributed by atoms with Crippen LogP contribution in [0.3, 0.4) is 0 Å². The van der Waals surface area contributed by atoms with Crippen LogP contribution in [0.1, 0.15) is 24.8 Å². The first-order valence-electron chi connectivity index (χ1n) is 8.13. The number of benzene rings is 1. The number of rotatable bonds is 5. The topological polar surface area (TPSA) is 89.4 Å². The summed E-state index contributed by atoms with van der Waals surface area (Å²) in [5.41, 5.74) is 1.07. The van der Waals surface area contributed by atoms with Crippen LogP contribution in [0.25, 0.3) is 0 Å². The summed E-state index contributed by atoms with van der Waals surface area (Å²) in [7, 11) is 0. The van der Waals surface area contributed by atoms with Crippen LogP contribution in [-0.2, 0) is 11.3 Å². The van der Waals surface area contributed by atoms with Crippen LogP contribution in [0.15, 0.2) is 35.1 Å². The molecule has 1 fully saturated rings. The van der Waals surface area contributed by atoms with E-state index in [2.05, 4.69) is 20.9 Å². The molecule has 0 unspecified atom stereocenters. The van der Waals surface area contributed by atoms with Crippen LogP contribution < -0.4 is 16.0 Å². The number of aliphatic imine (C=N–C) groups is 1. The van der Waals surface area contributed by atoms with Gasteiger partial charge in [-0.1, -0.05) is 35.7 Å². The Morgan fingerprint density at radius 3 is 2.80 bits per heavy atom. The van der Waals surface area contributed by atoms with Gasteiger partial charge in [-0.3, -0.25) is 15.5 Å². The van der Waals surface area contributed by atoms with Crippen molar-refractivity contribution < 1.29 is 4.79 Å². The molecule has 0 spiro atoms. The quantitative estimate of drug-likeness (QED) is 0.633. The van der Waals surface area contributed by atoms with Gasteiger partial charge in [0.05, 0.1) is 10.0 Å². The summed E-state index contributed by atoms with van der Waals surface area (Å²) in [6.45, 7) is 1.27. The molecule has 8 heteroatoms. The molecule has 0 saturated heterocycles. The van der Waals surface area contributed by atoms with Crippen LogP contribution >= 0.6 is 23.2 Å². The summed E-state index contributed by atoms with van der Waals surface area (Å²) in [5, 5.41) is 17.6. The number of guanidine groups is 1. The molecule has 1 amide bonds. The molecule has 6 nitrogen and oxygen atoms in total. The first-order valence-corrected chi connectivity index (χ1v) is 8.89. The van der Waals surface area contributed by atoms with Crippen LogP contribution in [0.2, 0.25) is 10.0 Å². The van der Waals surface area contributed by atoms with E-state index >= 15 is 0 Å². The third-order valence-corrected chi connectivity index (χ3v) is 5.00. The molecule has 1 saturated carbocycles. The Labute approximate surface area is 156 Å². The molecule has 1 aromatic rings. The van der Waals surface area contributed by atoms with Gasteiger partial charge in [0.25, 0.3) is 5.91 Å². The van der Waals surface area contributed by atoms with E-state index in [1.807, 2.05) is 6.07 Å². The maximum atomic E-state index is 11.9. The van der Waals surface area contributed by atoms with Crippen molar-refractivity contribution in [1.29, 1.82) is 5.41 Å². The van der Waals surface area contributed by atoms with Crippen LogP contribution in [0.5, 0.6) is 0 Å². The van der Waals surface area contributed by atoms with Crippen molar-refractivity contribution in [2.75, 3.05) is 6.54 Å². The monoisotopic (exact) mass is 379 g/mol. The molecule has 1 aliphatic carbocycles. The zero-order valence-corrected chi connectivity index (χ0v) is 15.0. The molecule has 0 atom stereocenters. The fourth-order valence-corrected chi connectivity index (χ4v) is 2.85. The van der Waals surface area contributed by atoms with Crippen molar-refractivity contribution in [3.63, 3.8) is 0 Å². The highest BCUT2D eigenvalue weighted by atomic mass is 35.5. The molecule has 0 bridgehead atoms. The maximum absolute atomic E-state index is 11.9. The lowest BCUT2D eigenvalue weighted by Gasteiger charge is -2.25. The van der Waals surface area contributed by atoms with E-state index in [0.29, 0.717) is 34.2 Å². The van der Waals surface area contributed by atoms with Crippen molar-refractivity contribution in [3.8, 4) is 0 Å². The number of carbonyl (C=O) groups is 1. The van der Waals surface area contributed by atoms with Gasteiger partial charge in [-0.05, 0) is 36.5 Å². The van der Waals surface area contributed by atoms with E-state index in [0.717, 1.165) is 12.1 Å². The van der Waals surface area contributed by atoms with Gasteiger partial charge in [0.1, 0.15) is 11.4 Å². The van der Waals surface area contributed by atoms with E-state index < -0.39 is 5.91 Å². The van der Waals surface area contributed by atoms with Crippen LogP contribution in [0.4, 0.5) is 0 Å². The minimum Gasteiger partial charge on any atom is -0.389 e. The lowest BCUT2D eigenvalue weighted by atomic mass is 9.85. The molecule has 0 aromatic heterocycles. The van der Waals surface area contributed by atoms with Crippen LogP contribution in [0, 0.1) is 11.3 Å². The van der Waals surface area contributed by atoms with E-state index in [1.54, 1.807) is 18.3 Å². The zero-order chi connectivity index (χ0) is 17.8. The van der Waals surface area contributed by atoms with E-state index in [1.165, 1.54) is 19.3 Å². The second-order valence-corrected chi connectivity index (χ2v) is 6.94. The molecule has 1 aromatic carbocycles. The summed E-state index contributed by atoms with van der Waals surface area (Å²) < 4.78 is 0. The fourth-order valence-electron chi connectivity index (χ4n) is 2.53. The van der Waals surface area contributed by atoms with E-state index in [-0.39, 0.29) is 5.71 Å². The third-order valence-electron chi connectivity index (χ3n) is 4.26. The maximum Gasteiger partial charge on any atom is 0.278 e. The Hall–Kier alpha value is -2.05. The molecule has 3 rings (SSSR count). The summed E-state index contributed by atoms with van der Waals surface area (Å²) in [6, 6.07) is 5.31. The molecule has 2 aliphatic rings. The molecular weight excluding hydrogens is 361 g/mol. The number of amides is 1. The van der Waals surface area contributed by atoms with E-state index in [4.69, 9.17) is 28.6 Å². The van der Waals surface area contributed by atoms with Gasteiger partial charge in [-0.2, -0.15) is 0 Å². The summed E-state index contributed by atoms with van der Waals surface area (Å²) in [5.74, 6) is 0.506. The Balaban J connectivity index is 1.63. The smallest absolute Gasteiger partial charge is 0.278 e. The first-order chi connectivity index (χ1) is 12.0. The Morgan fingerprint density at radius 2 is 2.12 bits per heavy atom. The first kappa shape index (κ1) is 17.8. The number of halogens is 2. The van der Waals surface area contributed by atoms with Crippen molar-refractivity contribution in [3.05, 3.63) is 45.7 Å². The van der Waals surface area contributed by atoms with Gasteiger partial charge < -0.3 is 10.6 Å². The molecular formula is C17H19Cl2N5O. The van der Waals surface area contributed by atoms with Crippen molar-refractivity contribution in [2.45, 2.75) is 25.8 Å². The molecule has 132 valence electrons. The molecule has 25 heavy (non-hydrogen) atoms. The number of hydrogen-bond acceptors (Lipinski definition) is 5. The van der Waals surface area contributed by atoms with Crippen molar-refractivity contribution >= 4 is 40.8 Å². The van der Waals surface area contributed by atoms with Crippen molar-refractivity contribution in [2.24, 2.45) is 10.9 Å². The number of carbonyl (C=O) groups excluding carboxylic acids is 1. The summed E-state index contributed by atoms with van der Waals surface area (Å²) in [4.78, 5) is 16.2. The minimum absolute atomic E-state index is 0.152. The Bertz CT molecular complexity index is 755. The molecule has 4 N–H and O–H groups in total. The SMILES string of the molecule is N=C1C(=O)NC(NCc2ccc(Cl)c(Cl)c2)=N/C1=C/NCC1CCC1. The van der Waals surface area contributed by atoms with Gasteiger partial charge >= 0.3 is 0 Å². The second-order valence-electron chi connectivity index (χ2n) is 6.13. The lowest BCUT2D eigenvalue weighted by molar-refractivity contribution is -0.113. The highest BCUT2D eigenvalue weighted by Crippen LogP contribution is 2.25. The Kier molecular flexibility index (Phi) is 5.60. The lowest BCUT2D eigenvalue weighted by Crippen LogP contribution is -2.47. The predicted octanol–water partition coefficient (Wildman–Crippen LogP) is 2.82. The Morgan fingerprint density at radius 1 is 1.32 bits per heavy atom. The van der Waals surface area contributed by atoms with Crippen LogP contribution in [-0.4, -0.2) is 24.1 Å². The van der Waals surface area contributed by atoms with Gasteiger partial charge in [-0.25, -0.2) is 4.99 Å². The molecule has 0 radical (unpaired) electrons. The zero-order valence-electron chi connectivity index (χ0n) is 13.5. The molecule has 1 heterocycles. The van der Waals surface area contributed by atoms with E-state index in [9.17, 15) is 4.79 Å². The number of nitrogens with zero attached hydrogens (tertiary/aromatic N) is 1. The highest BCUT2D eigenvalue weighted by molar-refractivity contribution is 6.47. The highest BCUT2D eigenvalue weighted by Gasteiger charge is 2.23. The van der Waals surface area contributed by atoms with Crippen molar-refractivity contribution in [1.82, 2.24) is 16.0 Å². The average Bonchev–Trinajstić information content (AvgIpc) is 2.55. The fraction of sp³-hybridized carbons (Fsp3) is 0.353. The van der Waals surface area contributed by atoms with Gasteiger partial charge in [0.2, 0.25) is 5.96 Å². The third kappa shape index (κ3) is 4.52. The normalized spacial score (nSPS) is 19.3. The van der Waals surface area contributed by atoms with Gasteiger partial charge in [-0.15, -0.1) is 0 Å². The summed E-state index contributed by atoms with van der Waals surface area (Å²) in [6.07, 6.45) is 5.38. The second kappa shape index (κ2) is 7.89. The minimum atomic E-state index is -0.483. The van der Waals surface area contributed by atoms with Gasteiger partial charge in [0.15, 0.2) is 0 Å². The standard InChI is InChI=1S/C17H19Cl2N5O/c18-12-5-4-11(6-13(12)19)8-22-17-23-14(15(20)16(25)24-17)9-21-7-10-2-1-3-10/h4-6,9-10,20-21H,1-3,7-8H2,(H2,22,23,24,25)/b14-9+,20-15?.